The van der Waals surface area contributed by atoms with E-state index < -0.39 is 10.0 Å². The van der Waals surface area contributed by atoms with Crippen molar-refractivity contribution >= 4 is 21.6 Å². The maximum Gasteiger partial charge on any atom is 0.223 e. The van der Waals surface area contributed by atoms with Crippen LogP contribution in [0.4, 0.5) is 5.69 Å². The van der Waals surface area contributed by atoms with E-state index in [4.69, 9.17) is 4.74 Å². The standard InChI is InChI=1S/C12H18N2O4S/c1-10(15)14(8-7-13-19(3,16)17)11-5-4-6-12(9-11)18-2/h4-6,9,13H,7-8H2,1-3H3. The summed E-state index contributed by atoms with van der Waals surface area (Å²) in [6.45, 7) is 1.85. The molecule has 0 atom stereocenters. The van der Waals surface area contributed by atoms with Crippen molar-refractivity contribution in [3.63, 3.8) is 0 Å². The minimum Gasteiger partial charge on any atom is -0.497 e. The number of sulfonamides is 1. The minimum atomic E-state index is -3.25. The van der Waals surface area contributed by atoms with E-state index in [9.17, 15) is 13.2 Å². The SMILES string of the molecule is COc1cccc(N(CCNS(C)(=O)=O)C(C)=O)c1. The van der Waals surface area contributed by atoms with Gasteiger partial charge in [0.25, 0.3) is 0 Å². The van der Waals surface area contributed by atoms with E-state index >= 15 is 0 Å². The summed E-state index contributed by atoms with van der Waals surface area (Å²) in [5, 5.41) is 0. The molecule has 0 heterocycles. The average Bonchev–Trinajstić information content (AvgIpc) is 2.33. The molecule has 1 aromatic rings. The van der Waals surface area contributed by atoms with Gasteiger partial charge in [0.1, 0.15) is 5.75 Å². The number of ether oxygens (including phenoxy) is 1. The first-order chi connectivity index (χ1) is 8.83. The molecule has 0 aliphatic heterocycles. The van der Waals surface area contributed by atoms with Crippen LogP contribution in [-0.4, -0.2) is 40.8 Å². The third-order valence-corrected chi connectivity index (χ3v) is 3.17. The van der Waals surface area contributed by atoms with Crippen LogP contribution in [-0.2, 0) is 14.8 Å². The van der Waals surface area contributed by atoms with Crippen molar-refractivity contribution in [2.24, 2.45) is 0 Å². The lowest BCUT2D eigenvalue weighted by Gasteiger charge is -2.21. The van der Waals surface area contributed by atoms with Gasteiger partial charge in [-0.15, -0.1) is 0 Å². The second-order valence-corrected chi connectivity index (χ2v) is 5.87. The highest BCUT2D eigenvalue weighted by atomic mass is 32.2. The van der Waals surface area contributed by atoms with Crippen molar-refractivity contribution in [1.82, 2.24) is 4.72 Å². The molecule has 0 bridgehead atoms. The Bertz CT molecular complexity index is 542. The molecule has 0 aliphatic rings. The van der Waals surface area contributed by atoms with E-state index in [0.29, 0.717) is 11.4 Å². The summed E-state index contributed by atoms with van der Waals surface area (Å²) in [4.78, 5) is 13.1. The zero-order chi connectivity index (χ0) is 14.5. The molecule has 6 nitrogen and oxygen atoms in total. The highest BCUT2D eigenvalue weighted by Gasteiger charge is 2.12. The number of carbonyl (C=O) groups excluding carboxylic acids is 1. The molecule has 0 fully saturated rings. The van der Waals surface area contributed by atoms with Gasteiger partial charge in [0.05, 0.1) is 13.4 Å². The Morgan fingerprint density at radius 3 is 2.63 bits per heavy atom. The van der Waals surface area contributed by atoms with Crippen LogP contribution in [0.5, 0.6) is 5.75 Å². The zero-order valence-corrected chi connectivity index (χ0v) is 12.0. The van der Waals surface area contributed by atoms with Crippen LogP contribution in [0.3, 0.4) is 0 Å². The summed E-state index contributed by atoms with van der Waals surface area (Å²) in [7, 11) is -1.71. The molecular formula is C12H18N2O4S. The van der Waals surface area contributed by atoms with Crippen molar-refractivity contribution in [1.29, 1.82) is 0 Å². The third-order valence-electron chi connectivity index (χ3n) is 2.44. The maximum atomic E-state index is 11.6. The first-order valence-electron chi connectivity index (χ1n) is 5.70. The van der Waals surface area contributed by atoms with Crippen LogP contribution in [0.25, 0.3) is 0 Å². The highest BCUT2D eigenvalue weighted by molar-refractivity contribution is 7.88. The van der Waals surface area contributed by atoms with Gasteiger partial charge in [0.2, 0.25) is 15.9 Å². The van der Waals surface area contributed by atoms with Crippen molar-refractivity contribution in [2.45, 2.75) is 6.92 Å². The van der Waals surface area contributed by atoms with E-state index in [1.165, 1.54) is 11.8 Å². The molecule has 0 saturated heterocycles. The van der Waals surface area contributed by atoms with Gasteiger partial charge < -0.3 is 9.64 Å². The molecule has 7 heteroatoms. The number of hydrogen-bond acceptors (Lipinski definition) is 4. The van der Waals surface area contributed by atoms with Crippen LogP contribution < -0.4 is 14.4 Å². The van der Waals surface area contributed by atoms with Gasteiger partial charge in [-0.1, -0.05) is 6.07 Å². The fourth-order valence-corrected chi connectivity index (χ4v) is 2.05. The van der Waals surface area contributed by atoms with Gasteiger partial charge in [0.15, 0.2) is 0 Å². The Hall–Kier alpha value is -1.60. The second-order valence-electron chi connectivity index (χ2n) is 4.04. The van der Waals surface area contributed by atoms with Crippen molar-refractivity contribution in [3.8, 4) is 5.75 Å². The lowest BCUT2D eigenvalue weighted by atomic mass is 10.2. The lowest BCUT2D eigenvalue weighted by Crippen LogP contribution is -2.37. The normalized spacial score (nSPS) is 11.1. The maximum absolute atomic E-state index is 11.6. The Morgan fingerprint density at radius 1 is 1.42 bits per heavy atom. The number of nitrogens with zero attached hydrogens (tertiary/aromatic N) is 1. The molecule has 0 unspecified atom stereocenters. The van der Waals surface area contributed by atoms with Crippen LogP contribution in [0.2, 0.25) is 0 Å². The molecule has 0 aromatic heterocycles. The largest absolute Gasteiger partial charge is 0.497 e. The van der Waals surface area contributed by atoms with Gasteiger partial charge in [-0.2, -0.15) is 0 Å². The van der Waals surface area contributed by atoms with Crippen LogP contribution in [0.15, 0.2) is 24.3 Å². The fourth-order valence-electron chi connectivity index (χ4n) is 1.59. The van der Waals surface area contributed by atoms with E-state index in [-0.39, 0.29) is 19.0 Å². The van der Waals surface area contributed by atoms with Crippen molar-refractivity contribution in [3.05, 3.63) is 24.3 Å². The molecule has 1 N–H and O–H groups in total. The number of carbonyl (C=O) groups is 1. The van der Waals surface area contributed by atoms with Crippen LogP contribution in [0, 0.1) is 0 Å². The molecule has 0 radical (unpaired) electrons. The summed E-state index contributed by atoms with van der Waals surface area (Å²) in [5.41, 5.74) is 0.669. The quantitative estimate of drug-likeness (QED) is 0.831. The average molecular weight is 286 g/mol. The van der Waals surface area contributed by atoms with Crippen molar-refractivity contribution < 1.29 is 17.9 Å². The Morgan fingerprint density at radius 2 is 2.11 bits per heavy atom. The number of rotatable bonds is 6. The summed E-state index contributed by atoms with van der Waals surface area (Å²) in [5.74, 6) is 0.475. The van der Waals surface area contributed by atoms with E-state index in [0.717, 1.165) is 6.26 Å². The van der Waals surface area contributed by atoms with Crippen molar-refractivity contribution in [2.75, 3.05) is 31.4 Å². The lowest BCUT2D eigenvalue weighted by molar-refractivity contribution is -0.116. The summed E-state index contributed by atoms with van der Waals surface area (Å²) < 4.78 is 29.4. The van der Waals surface area contributed by atoms with Gasteiger partial charge in [-0.25, -0.2) is 13.1 Å². The monoisotopic (exact) mass is 286 g/mol. The number of hydrogen-bond donors (Lipinski definition) is 1. The first-order valence-corrected chi connectivity index (χ1v) is 7.59. The van der Waals surface area contributed by atoms with Gasteiger partial charge in [0, 0.05) is 31.8 Å². The molecule has 1 aromatic carbocycles. The molecule has 106 valence electrons. The predicted molar refractivity (Wildman–Crippen MR) is 73.9 cm³/mol. The molecule has 0 aliphatic carbocycles. The number of benzene rings is 1. The number of amides is 1. The van der Waals surface area contributed by atoms with Crippen LogP contribution in [0.1, 0.15) is 6.92 Å². The highest BCUT2D eigenvalue weighted by Crippen LogP contribution is 2.20. The second kappa shape index (κ2) is 6.53. The third kappa shape index (κ3) is 5.27. The first kappa shape index (κ1) is 15.5. The van der Waals surface area contributed by atoms with Gasteiger partial charge in [-0.05, 0) is 12.1 Å². The fraction of sp³-hybridized carbons (Fsp3) is 0.417. The molecule has 0 saturated carbocycles. The Labute approximate surface area is 113 Å². The van der Waals surface area contributed by atoms with Crippen LogP contribution >= 0.6 is 0 Å². The molecule has 19 heavy (non-hydrogen) atoms. The predicted octanol–water partition coefficient (Wildman–Crippen LogP) is 0.597. The topological polar surface area (TPSA) is 75.7 Å². The summed E-state index contributed by atoms with van der Waals surface area (Å²) in [6.07, 6.45) is 1.08. The summed E-state index contributed by atoms with van der Waals surface area (Å²) >= 11 is 0. The summed E-state index contributed by atoms with van der Waals surface area (Å²) in [6, 6.07) is 7.04. The van der Waals surface area contributed by atoms with E-state index in [2.05, 4.69) is 4.72 Å². The Kier molecular flexibility index (Phi) is 5.31. The zero-order valence-electron chi connectivity index (χ0n) is 11.2. The molecule has 1 amide bonds. The van der Waals surface area contributed by atoms with E-state index in [1.54, 1.807) is 31.4 Å². The number of nitrogens with one attached hydrogen (secondary N) is 1. The minimum absolute atomic E-state index is 0.162. The number of methoxy groups -OCH3 is 1. The van der Waals surface area contributed by atoms with Gasteiger partial charge in [-0.3, -0.25) is 4.79 Å². The molecular weight excluding hydrogens is 268 g/mol. The molecule has 0 spiro atoms. The molecule has 1 rings (SSSR count). The smallest absolute Gasteiger partial charge is 0.223 e. The van der Waals surface area contributed by atoms with Gasteiger partial charge >= 0.3 is 0 Å². The number of anilines is 1. The van der Waals surface area contributed by atoms with E-state index in [1.807, 2.05) is 0 Å². The Balaban J connectivity index is 2.79.